The van der Waals surface area contributed by atoms with E-state index < -0.39 is 22.0 Å². The Labute approximate surface area is 171 Å². The molecule has 1 heterocycles. The molecular formula is C22H22N2O4S. The van der Waals surface area contributed by atoms with Crippen molar-refractivity contribution in [2.24, 2.45) is 0 Å². The zero-order valence-corrected chi connectivity index (χ0v) is 17.1. The quantitative estimate of drug-likeness (QED) is 0.704. The van der Waals surface area contributed by atoms with Gasteiger partial charge in [0.2, 0.25) is 10.0 Å². The summed E-state index contributed by atoms with van der Waals surface area (Å²) >= 11 is 0. The van der Waals surface area contributed by atoms with Crippen molar-refractivity contribution >= 4 is 16.0 Å². The maximum Gasteiger partial charge on any atom is 0.335 e. The van der Waals surface area contributed by atoms with E-state index in [-0.39, 0.29) is 18.0 Å². The molecule has 0 fully saturated rings. The number of benzene rings is 2. The molecule has 6 nitrogen and oxygen atoms in total. The van der Waals surface area contributed by atoms with Gasteiger partial charge in [-0.2, -0.15) is 9.57 Å². The zero-order chi connectivity index (χ0) is 21.0. The summed E-state index contributed by atoms with van der Waals surface area (Å²) in [6.45, 7) is 3.75. The molecule has 2 aromatic rings. The Balaban J connectivity index is 2.03. The lowest BCUT2D eigenvalue weighted by Gasteiger charge is -2.34. The number of nitrogens with zero attached hydrogens (tertiary/aromatic N) is 2. The molecule has 2 aromatic carbocycles. The molecule has 29 heavy (non-hydrogen) atoms. The van der Waals surface area contributed by atoms with Crippen molar-refractivity contribution in [2.75, 3.05) is 13.2 Å². The maximum atomic E-state index is 13.4. The number of sulfonamides is 1. The first-order chi connectivity index (χ1) is 13.9. The first kappa shape index (κ1) is 20.8. The number of hydrogen-bond donors (Lipinski definition) is 0. The van der Waals surface area contributed by atoms with Gasteiger partial charge in [0.15, 0.2) is 0 Å². The molecule has 0 aliphatic carbocycles. The van der Waals surface area contributed by atoms with Crippen LogP contribution >= 0.6 is 0 Å². The molecule has 1 aliphatic rings. The Morgan fingerprint density at radius 1 is 1.17 bits per heavy atom. The van der Waals surface area contributed by atoms with Crippen LogP contribution in [-0.4, -0.2) is 31.8 Å². The molecule has 0 aromatic heterocycles. The van der Waals surface area contributed by atoms with Crippen molar-refractivity contribution in [3.05, 3.63) is 76.9 Å². The average molecular weight is 410 g/mol. The van der Waals surface area contributed by atoms with E-state index in [2.05, 4.69) is 6.07 Å². The summed E-state index contributed by atoms with van der Waals surface area (Å²) < 4.78 is 33.3. The maximum absolute atomic E-state index is 13.4. The van der Waals surface area contributed by atoms with E-state index in [1.54, 1.807) is 61.5 Å². The molecule has 0 saturated heterocycles. The monoisotopic (exact) mass is 410 g/mol. The first-order valence-corrected chi connectivity index (χ1v) is 10.8. The third-order valence-corrected chi connectivity index (χ3v) is 6.72. The molecule has 1 aliphatic heterocycles. The van der Waals surface area contributed by atoms with Crippen LogP contribution in [-0.2, 0) is 19.6 Å². The van der Waals surface area contributed by atoms with E-state index in [0.29, 0.717) is 17.6 Å². The Bertz CT molecular complexity index is 1070. The van der Waals surface area contributed by atoms with Crippen molar-refractivity contribution in [3.63, 3.8) is 0 Å². The largest absolute Gasteiger partial charge is 0.463 e. The zero-order valence-electron chi connectivity index (χ0n) is 16.3. The second kappa shape index (κ2) is 8.60. The normalized spacial score (nSPS) is 17.3. The number of esters is 1. The lowest BCUT2D eigenvalue weighted by atomic mass is 9.97. The highest BCUT2D eigenvalue weighted by atomic mass is 32.2. The van der Waals surface area contributed by atoms with Gasteiger partial charge in [0.1, 0.15) is 0 Å². The van der Waals surface area contributed by atoms with Crippen molar-refractivity contribution in [3.8, 4) is 6.07 Å². The van der Waals surface area contributed by atoms with Gasteiger partial charge in [-0.15, -0.1) is 0 Å². The number of ether oxygens (including phenoxy) is 1. The number of carbonyl (C=O) groups excluding carboxylic acids is 1. The van der Waals surface area contributed by atoms with Gasteiger partial charge in [-0.3, -0.25) is 0 Å². The van der Waals surface area contributed by atoms with Crippen LogP contribution in [0, 0.1) is 18.3 Å². The van der Waals surface area contributed by atoms with Gasteiger partial charge < -0.3 is 4.74 Å². The summed E-state index contributed by atoms with van der Waals surface area (Å²) in [5.41, 5.74) is 2.55. The van der Waals surface area contributed by atoms with Crippen LogP contribution in [0.3, 0.4) is 0 Å². The van der Waals surface area contributed by atoms with Crippen LogP contribution in [0.2, 0.25) is 0 Å². The second-order valence-electron chi connectivity index (χ2n) is 6.80. The Kier molecular flexibility index (Phi) is 6.16. The van der Waals surface area contributed by atoms with Crippen LogP contribution in [0.5, 0.6) is 0 Å². The van der Waals surface area contributed by atoms with E-state index >= 15 is 0 Å². The highest BCUT2D eigenvalue weighted by Crippen LogP contribution is 2.35. The van der Waals surface area contributed by atoms with Crippen LogP contribution in [0.15, 0.2) is 65.1 Å². The molecule has 0 bridgehead atoms. The number of hydrogen-bond acceptors (Lipinski definition) is 5. The summed E-state index contributed by atoms with van der Waals surface area (Å²) in [7, 11) is -3.85. The van der Waals surface area contributed by atoms with Gasteiger partial charge in [0.05, 0.1) is 29.2 Å². The summed E-state index contributed by atoms with van der Waals surface area (Å²) in [5.74, 6) is -0.505. The van der Waals surface area contributed by atoms with Crippen LogP contribution in [0.4, 0.5) is 0 Å². The van der Waals surface area contributed by atoms with E-state index in [9.17, 15) is 13.2 Å². The molecule has 0 N–H and O–H groups in total. The average Bonchev–Trinajstić information content (AvgIpc) is 2.74. The van der Waals surface area contributed by atoms with E-state index in [4.69, 9.17) is 10.00 Å². The van der Waals surface area contributed by atoms with E-state index in [0.717, 1.165) is 11.1 Å². The lowest BCUT2D eigenvalue weighted by molar-refractivity contribution is -0.138. The number of aryl methyl sites for hydroxylation is 1. The highest BCUT2D eigenvalue weighted by molar-refractivity contribution is 7.89. The molecule has 0 radical (unpaired) electrons. The molecule has 1 unspecified atom stereocenters. The molecule has 3 rings (SSSR count). The van der Waals surface area contributed by atoms with E-state index in [1.165, 1.54) is 4.31 Å². The number of rotatable bonds is 5. The second-order valence-corrected chi connectivity index (χ2v) is 8.69. The summed E-state index contributed by atoms with van der Waals surface area (Å²) in [4.78, 5) is 12.4. The van der Waals surface area contributed by atoms with Crippen molar-refractivity contribution in [1.82, 2.24) is 4.31 Å². The highest BCUT2D eigenvalue weighted by Gasteiger charge is 2.36. The van der Waals surface area contributed by atoms with Gasteiger partial charge in [-0.25, -0.2) is 13.2 Å². The lowest BCUT2D eigenvalue weighted by Crippen LogP contribution is -2.40. The van der Waals surface area contributed by atoms with Gasteiger partial charge in [0, 0.05) is 12.1 Å². The van der Waals surface area contributed by atoms with Gasteiger partial charge >= 0.3 is 5.97 Å². The predicted molar refractivity (Wildman–Crippen MR) is 108 cm³/mol. The minimum absolute atomic E-state index is 0.0697. The Morgan fingerprint density at radius 2 is 1.83 bits per heavy atom. The SMILES string of the molecule is CCOC(=O)C1=CCC(c2ccc(C#N)cc2)N(S(=O)(=O)c2ccc(C)cc2)C1. The minimum Gasteiger partial charge on any atom is -0.463 e. The van der Waals surface area contributed by atoms with Crippen molar-refractivity contribution in [2.45, 2.75) is 31.2 Å². The first-order valence-electron chi connectivity index (χ1n) is 9.31. The fourth-order valence-electron chi connectivity index (χ4n) is 3.27. The minimum atomic E-state index is -3.85. The molecule has 7 heteroatoms. The molecule has 0 saturated carbocycles. The number of carbonyl (C=O) groups is 1. The molecule has 150 valence electrons. The summed E-state index contributed by atoms with van der Waals surface area (Å²) in [6, 6.07) is 15.1. The summed E-state index contributed by atoms with van der Waals surface area (Å²) in [5, 5.41) is 9.02. The third-order valence-electron chi connectivity index (χ3n) is 4.85. The predicted octanol–water partition coefficient (Wildman–Crippen LogP) is 3.49. The topological polar surface area (TPSA) is 87.5 Å². The fraction of sp³-hybridized carbons (Fsp3) is 0.273. The van der Waals surface area contributed by atoms with Crippen molar-refractivity contribution < 1.29 is 17.9 Å². The number of nitriles is 1. The molecule has 0 amide bonds. The fourth-order valence-corrected chi connectivity index (χ4v) is 4.87. The molecule has 0 spiro atoms. The summed E-state index contributed by atoms with van der Waals surface area (Å²) in [6.07, 6.45) is 2.08. The Morgan fingerprint density at radius 3 is 2.41 bits per heavy atom. The van der Waals surface area contributed by atoms with Crippen LogP contribution in [0.25, 0.3) is 0 Å². The van der Waals surface area contributed by atoms with Crippen LogP contribution < -0.4 is 0 Å². The smallest absolute Gasteiger partial charge is 0.335 e. The van der Waals surface area contributed by atoms with Gasteiger partial charge in [0.25, 0.3) is 0 Å². The van der Waals surface area contributed by atoms with Crippen molar-refractivity contribution in [1.29, 1.82) is 5.26 Å². The van der Waals surface area contributed by atoms with E-state index in [1.807, 2.05) is 6.92 Å². The van der Waals surface area contributed by atoms with Gasteiger partial charge in [-0.1, -0.05) is 35.9 Å². The standard InChI is InChI=1S/C22H22N2O4S/c1-3-28-22(25)19-10-13-21(18-8-6-17(14-23)7-9-18)24(15-19)29(26,27)20-11-4-16(2)5-12-20/h4-12,21H,3,13,15H2,1-2H3. The molecule has 1 atom stereocenters. The molecular weight excluding hydrogens is 388 g/mol. The third kappa shape index (κ3) is 4.39. The Hall–Kier alpha value is -2.95. The van der Waals surface area contributed by atoms with Crippen LogP contribution in [0.1, 0.15) is 36.1 Å². The van der Waals surface area contributed by atoms with Gasteiger partial charge in [-0.05, 0) is 50.1 Å².